The first-order chi connectivity index (χ1) is 9.82. The van der Waals surface area contributed by atoms with E-state index in [1.165, 1.54) is 19.2 Å². The van der Waals surface area contributed by atoms with Crippen molar-refractivity contribution in [1.82, 2.24) is 0 Å². The maximum Gasteiger partial charge on any atom is 0.419 e. The van der Waals surface area contributed by atoms with Gasteiger partial charge in [-0.15, -0.1) is 0 Å². The lowest BCUT2D eigenvalue weighted by Crippen LogP contribution is -2.38. The van der Waals surface area contributed by atoms with E-state index in [-0.39, 0.29) is 18.0 Å². The number of halogens is 3. The molecule has 0 aromatic heterocycles. The number of hydrogen-bond donors (Lipinski definition) is 1. The number of alkyl halides is 3. The molecule has 1 aromatic carbocycles. The average molecular weight is 302 g/mol. The van der Waals surface area contributed by atoms with E-state index in [1.807, 2.05) is 0 Å². The summed E-state index contributed by atoms with van der Waals surface area (Å²) in [7, 11) is 1.20. The van der Waals surface area contributed by atoms with E-state index in [9.17, 15) is 18.3 Å². The molecule has 3 nitrogen and oxygen atoms in total. The number of benzene rings is 1. The molecule has 21 heavy (non-hydrogen) atoms. The van der Waals surface area contributed by atoms with Crippen molar-refractivity contribution in [2.45, 2.75) is 49.7 Å². The lowest BCUT2D eigenvalue weighted by atomic mass is 9.83. The molecular formula is C15H17F3O3. The quantitative estimate of drug-likeness (QED) is 0.911. The minimum atomic E-state index is -4.47. The molecule has 0 radical (unpaired) electrons. The molecule has 2 unspecified atom stereocenters. The largest absolute Gasteiger partial charge is 0.496 e. The van der Waals surface area contributed by atoms with Crippen LogP contribution in [0.2, 0.25) is 0 Å². The van der Waals surface area contributed by atoms with E-state index >= 15 is 0 Å². The van der Waals surface area contributed by atoms with Crippen LogP contribution < -0.4 is 4.74 Å². The fraction of sp³-hybridized carbons (Fsp3) is 0.600. The summed E-state index contributed by atoms with van der Waals surface area (Å²) in [4.78, 5) is 0. The summed E-state index contributed by atoms with van der Waals surface area (Å²) in [5.74, 6) is -0.257. The van der Waals surface area contributed by atoms with Gasteiger partial charge < -0.3 is 14.6 Å². The SMILES string of the molecule is COc1cc(C2(O)CC3CCC(C2)O3)ccc1C(F)(F)F. The Balaban J connectivity index is 1.96. The molecule has 2 atom stereocenters. The summed E-state index contributed by atoms with van der Waals surface area (Å²) < 4.78 is 49.2. The lowest BCUT2D eigenvalue weighted by molar-refractivity contribution is -0.139. The van der Waals surface area contributed by atoms with Crippen molar-refractivity contribution in [2.24, 2.45) is 0 Å². The van der Waals surface area contributed by atoms with Crippen molar-refractivity contribution >= 4 is 0 Å². The predicted octanol–water partition coefficient (Wildman–Crippen LogP) is 3.24. The van der Waals surface area contributed by atoms with E-state index in [0.29, 0.717) is 18.4 Å². The van der Waals surface area contributed by atoms with E-state index in [2.05, 4.69) is 0 Å². The number of aliphatic hydroxyl groups is 1. The highest BCUT2D eigenvalue weighted by Crippen LogP contribution is 2.46. The first kappa shape index (κ1) is 14.7. The molecule has 0 spiro atoms. The Morgan fingerprint density at radius 1 is 1.24 bits per heavy atom. The summed E-state index contributed by atoms with van der Waals surface area (Å²) in [5, 5.41) is 10.8. The predicted molar refractivity (Wildman–Crippen MR) is 69.0 cm³/mol. The summed E-state index contributed by atoms with van der Waals surface area (Å²) in [5.41, 5.74) is -1.50. The molecule has 0 saturated carbocycles. The first-order valence-electron chi connectivity index (χ1n) is 6.95. The maximum atomic E-state index is 12.9. The van der Waals surface area contributed by atoms with Crippen molar-refractivity contribution < 1.29 is 27.8 Å². The molecule has 1 N–H and O–H groups in total. The molecule has 0 amide bonds. The number of hydrogen-bond acceptors (Lipinski definition) is 3. The molecule has 2 saturated heterocycles. The van der Waals surface area contributed by atoms with E-state index < -0.39 is 17.3 Å². The fourth-order valence-corrected chi connectivity index (χ4v) is 3.37. The van der Waals surface area contributed by atoms with Gasteiger partial charge in [0.15, 0.2) is 0 Å². The molecule has 2 fully saturated rings. The van der Waals surface area contributed by atoms with Crippen molar-refractivity contribution in [1.29, 1.82) is 0 Å². The zero-order valence-corrected chi connectivity index (χ0v) is 11.6. The van der Waals surface area contributed by atoms with Crippen molar-refractivity contribution in [3.63, 3.8) is 0 Å². The molecule has 6 heteroatoms. The zero-order valence-electron chi connectivity index (χ0n) is 11.6. The number of fused-ring (bicyclic) bond motifs is 2. The molecule has 1 aromatic rings. The summed E-state index contributed by atoms with van der Waals surface area (Å²) in [6.07, 6.45) is -1.88. The van der Waals surface area contributed by atoms with Gasteiger partial charge in [-0.1, -0.05) is 6.07 Å². The minimum Gasteiger partial charge on any atom is -0.496 e. The number of rotatable bonds is 2. The first-order valence-corrected chi connectivity index (χ1v) is 6.95. The zero-order chi connectivity index (χ0) is 15.3. The van der Waals surface area contributed by atoms with Gasteiger partial charge in [-0.2, -0.15) is 13.2 Å². The van der Waals surface area contributed by atoms with Crippen LogP contribution in [0.1, 0.15) is 36.8 Å². The Hall–Kier alpha value is -1.27. The normalized spacial score (nSPS) is 32.2. The fourth-order valence-electron chi connectivity index (χ4n) is 3.37. The monoisotopic (exact) mass is 302 g/mol. The van der Waals surface area contributed by atoms with Gasteiger partial charge in [-0.3, -0.25) is 0 Å². The van der Waals surface area contributed by atoms with Crippen LogP contribution in [0.5, 0.6) is 5.75 Å². The lowest BCUT2D eigenvalue weighted by Gasteiger charge is -2.37. The van der Waals surface area contributed by atoms with Gasteiger partial charge in [-0.25, -0.2) is 0 Å². The molecule has 2 heterocycles. The molecule has 116 valence electrons. The highest BCUT2D eigenvalue weighted by atomic mass is 19.4. The van der Waals surface area contributed by atoms with Gasteiger partial charge in [-0.05, 0) is 30.5 Å². The number of ether oxygens (including phenoxy) is 2. The Bertz CT molecular complexity index is 529. The van der Waals surface area contributed by atoms with Gasteiger partial charge in [0.2, 0.25) is 0 Å². The summed E-state index contributed by atoms with van der Waals surface area (Å²) in [6.45, 7) is 0. The van der Waals surface area contributed by atoms with Crippen LogP contribution in [0, 0.1) is 0 Å². The van der Waals surface area contributed by atoms with Gasteiger partial charge in [0.25, 0.3) is 0 Å². The second-order valence-electron chi connectivity index (χ2n) is 5.81. The van der Waals surface area contributed by atoms with Crippen LogP contribution in [0.15, 0.2) is 18.2 Å². The molecule has 3 rings (SSSR count). The van der Waals surface area contributed by atoms with Crippen LogP contribution >= 0.6 is 0 Å². The van der Waals surface area contributed by atoms with Crippen LogP contribution in [-0.4, -0.2) is 24.4 Å². The number of methoxy groups -OCH3 is 1. The van der Waals surface area contributed by atoms with Gasteiger partial charge in [0, 0.05) is 12.8 Å². The van der Waals surface area contributed by atoms with Gasteiger partial charge >= 0.3 is 6.18 Å². The summed E-state index contributed by atoms with van der Waals surface area (Å²) >= 11 is 0. The maximum absolute atomic E-state index is 12.9. The summed E-state index contributed by atoms with van der Waals surface area (Å²) in [6, 6.07) is 3.62. The Morgan fingerprint density at radius 3 is 2.38 bits per heavy atom. The third-order valence-corrected chi connectivity index (χ3v) is 4.37. The van der Waals surface area contributed by atoms with E-state index in [0.717, 1.165) is 18.9 Å². The van der Waals surface area contributed by atoms with Crippen LogP contribution in [0.4, 0.5) is 13.2 Å². The van der Waals surface area contributed by atoms with Gasteiger partial charge in [0.05, 0.1) is 30.5 Å². The molecule has 2 aliphatic rings. The smallest absolute Gasteiger partial charge is 0.419 e. The molecule has 2 bridgehead atoms. The Kier molecular flexibility index (Phi) is 3.41. The third kappa shape index (κ3) is 2.62. The Morgan fingerprint density at radius 2 is 1.86 bits per heavy atom. The topological polar surface area (TPSA) is 38.7 Å². The third-order valence-electron chi connectivity index (χ3n) is 4.37. The average Bonchev–Trinajstić information content (AvgIpc) is 2.76. The minimum absolute atomic E-state index is 0.0120. The van der Waals surface area contributed by atoms with Crippen molar-refractivity contribution in [3.05, 3.63) is 29.3 Å². The van der Waals surface area contributed by atoms with E-state index in [1.54, 1.807) is 0 Å². The second kappa shape index (κ2) is 4.88. The molecule has 2 aliphatic heterocycles. The van der Waals surface area contributed by atoms with Crippen molar-refractivity contribution in [3.8, 4) is 5.75 Å². The molecular weight excluding hydrogens is 285 g/mol. The van der Waals surface area contributed by atoms with Crippen LogP contribution in [-0.2, 0) is 16.5 Å². The molecule has 0 aliphatic carbocycles. The standard InChI is InChI=1S/C15H17F3O3/c1-20-13-6-9(2-5-12(13)15(16,17)18)14(19)7-10-3-4-11(8-14)21-10/h2,5-6,10-11,19H,3-4,7-8H2,1H3. The highest BCUT2D eigenvalue weighted by molar-refractivity contribution is 5.41. The highest BCUT2D eigenvalue weighted by Gasteiger charge is 2.45. The Labute approximate surface area is 120 Å². The van der Waals surface area contributed by atoms with E-state index in [4.69, 9.17) is 9.47 Å². The van der Waals surface area contributed by atoms with Crippen molar-refractivity contribution in [2.75, 3.05) is 7.11 Å². The van der Waals surface area contributed by atoms with Gasteiger partial charge in [0.1, 0.15) is 5.75 Å². The van der Waals surface area contributed by atoms with Crippen LogP contribution in [0.3, 0.4) is 0 Å². The second-order valence-corrected chi connectivity index (χ2v) is 5.81. The van der Waals surface area contributed by atoms with Crippen LogP contribution in [0.25, 0.3) is 0 Å².